The summed E-state index contributed by atoms with van der Waals surface area (Å²) in [5.74, 6) is -1.43. The number of aliphatic carboxylic acids is 1. The number of carboxylic acids is 1. The van der Waals surface area contributed by atoms with E-state index in [1.54, 1.807) is 0 Å². The number of rotatable bonds is 5. The molecule has 1 aliphatic rings. The van der Waals surface area contributed by atoms with Gasteiger partial charge >= 0.3 is 5.97 Å². The molecule has 0 aliphatic carbocycles. The number of carbonyl (C=O) groups is 2. The zero-order valence-electron chi connectivity index (χ0n) is 10.2. The molecule has 96 valence electrons. The molecular weight excluding hydrogens is 222 g/mol. The number of carbonyl (C=O) groups excluding carboxylic acids is 1. The standard InChI is InChI=1S/C12H19NO4/c1-8(2)3-4-10(12(15)16)13-11(14)9-5-6-17-7-9/h3,9-10H,4-7H2,1-2H3,(H,13,14)(H,15,16)/t9-,10+/m1/s1. The van der Waals surface area contributed by atoms with Crippen LogP contribution in [-0.4, -0.2) is 36.2 Å². The van der Waals surface area contributed by atoms with Crippen LogP contribution in [0.5, 0.6) is 0 Å². The van der Waals surface area contributed by atoms with Gasteiger partial charge in [0, 0.05) is 6.61 Å². The SMILES string of the molecule is CC(C)=CC[C@H](NC(=O)[C@@H]1CCOC1)C(=O)O. The molecule has 1 rings (SSSR count). The van der Waals surface area contributed by atoms with E-state index in [0.29, 0.717) is 26.1 Å². The second-order valence-corrected chi connectivity index (χ2v) is 4.48. The fraction of sp³-hybridized carbons (Fsp3) is 0.667. The number of ether oxygens (including phenoxy) is 1. The van der Waals surface area contributed by atoms with Crippen molar-refractivity contribution in [3.05, 3.63) is 11.6 Å². The van der Waals surface area contributed by atoms with Crippen LogP contribution < -0.4 is 5.32 Å². The Kier molecular flexibility index (Phi) is 5.15. The summed E-state index contributed by atoms with van der Waals surface area (Å²) in [5, 5.41) is 11.6. The largest absolute Gasteiger partial charge is 0.480 e. The molecule has 1 saturated heterocycles. The van der Waals surface area contributed by atoms with Crippen LogP contribution >= 0.6 is 0 Å². The molecule has 5 nitrogen and oxygen atoms in total. The highest BCUT2D eigenvalue weighted by molar-refractivity contribution is 5.85. The zero-order chi connectivity index (χ0) is 12.8. The highest BCUT2D eigenvalue weighted by Crippen LogP contribution is 2.12. The maximum absolute atomic E-state index is 11.7. The summed E-state index contributed by atoms with van der Waals surface area (Å²) in [4.78, 5) is 22.7. The van der Waals surface area contributed by atoms with Crippen molar-refractivity contribution in [3.8, 4) is 0 Å². The Morgan fingerprint density at radius 3 is 2.71 bits per heavy atom. The number of hydrogen-bond acceptors (Lipinski definition) is 3. The van der Waals surface area contributed by atoms with E-state index >= 15 is 0 Å². The van der Waals surface area contributed by atoms with Gasteiger partial charge in [-0.15, -0.1) is 0 Å². The first-order valence-electron chi connectivity index (χ1n) is 5.75. The van der Waals surface area contributed by atoms with Crippen LogP contribution in [0.4, 0.5) is 0 Å². The van der Waals surface area contributed by atoms with Crippen molar-refractivity contribution < 1.29 is 19.4 Å². The normalized spacial score (nSPS) is 20.7. The van der Waals surface area contributed by atoms with Crippen molar-refractivity contribution in [1.82, 2.24) is 5.32 Å². The third-order valence-electron chi connectivity index (χ3n) is 2.68. The van der Waals surface area contributed by atoms with Crippen LogP contribution in [0, 0.1) is 5.92 Å². The minimum absolute atomic E-state index is 0.205. The highest BCUT2D eigenvalue weighted by atomic mass is 16.5. The van der Waals surface area contributed by atoms with Crippen molar-refractivity contribution in [2.45, 2.75) is 32.7 Å². The Balaban J connectivity index is 2.51. The van der Waals surface area contributed by atoms with E-state index in [4.69, 9.17) is 9.84 Å². The zero-order valence-corrected chi connectivity index (χ0v) is 10.2. The molecule has 1 fully saturated rings. The third kappa shape index (κ3) is 4.56. The number of carboxylic acid groups (broad SMARTS) is 1. The summed E-state index contributed by atoms with van der Waals surface area (Å²) < 4.78 is 5.10. The molecule has 1 aliphatic heterocycles. The van der Waals surface area contributed by atoms with Crippen LogP contribution in [-0.2, 0) is 14.3 Å². The fourth-order valence-electron chi connectivity index (χ4n) is 1.61. The smallest absolute Gasteiger partial charge is 0.326 e. The Labute approximate surface area is 101 Å². The first-order valence-corrected chi connectivity index (χ1v) is 5.75. The van der Waals surface area contributed by atoms with Gasteiger partial charge in [-0.3, -0.25) is 4.79 Å². The van der Waals surface area contributed by atoms with E-state index in [2.05, 4.69) is 5.32 Å². The van der Waals surface area contributed by atoms with E-state index in [9.17, 15) is 9.59 Å². The molecule has 0 bridgehead atoms. The quantitative estimate of drug-likeness (QED) is 0.703. The van der Waals surface area contributed by atoms with Gasteiger partial charge in [-0.2, -0.15) is 0 Å². The van der Waals surface area contributed by atoms with Gasteiger partial charge in [-0.1, -0.05) is 11.6 Å². The molecule has 0 aromatic heterocycles. The Morgan fingerprint density at radius 1 is 1.53 bits per heavy atom. The van der Waals surface area contributed by atoms with Gasteiger partial charge in [0.15, 0.2) is 0 Å². The molecular formula is C12H19NO4. The summed E-state index contributed by atoms with van der Waals surface area (Å²) in [7, 11) is 0. The van der Waals surface area contributed by atoms with E-state index in [1.807, 2.05) is 19.9 Å². The molecule has 0 unspecified atom stereocenters. The maximum atomic E-state index is 11.7. The first-order chi connectivity index (χ1) is 8.00. The summed E-state index contributed by atoms with van der Waals surface area (Å²) in [6.45, 7) is 4.75. The maximum Gasteiger partial charge on any atom is 0.326 e. The molecule has 0 saturated carbocycles. The lowest BCUT2D eigenvalue weighted by Gasteiger charge is -2.15. The second-order valence-electron chi connectivity index (χ2n) is 4.48. The molecule has 17 heavy (non-hydrogen) atoms. The van der Waals surface area contributed by atoms with Crippen LogP contribution in [0.15, 0.2) is 11.6 Å². The summed E-state index contributed by atoms with van der Waals surface area (Å²) >= 11 is 0. The lowest BCUT2D eigenvalue weighted by molar-refractivity contribution is -0.142. The van der Waals surface area contributed by atoms with Crippen molar-refractivity contribution in [2.75, 3.05) is 13.2 Å². The van der Waals surface area contributed by atoms with Crippen LogP contribution in [0.1, 0.15) is 26.7 Å². The highest BCUT2D eigenvalue weighted by Gasteiger charge is 2.27. The molecule has 2 atom stereocenters. The van der Waals surface area contributed by atoms with Crippen molar-refractivity contribution in [3.63, 3.8) is 0 Å². The summed E-state index contributed by atoms with van der Waals surface area (Å²) in [5.41, 5.74) is 1.04. The van der Waals surface area contributed by atoms with Gasteiger partial charge in [-0.25, -0.2) is 4.79 Å². The average Bonchev–Trinajstić information content (AvgIpc) is 2.76. The number of hydrogen-bond donors (Lipinski definition) is 2. The van der Waals surface area contributed by atoms with Gasteiger partial charge in [0.2, 0.25) is 5.91 Å². The second kappa shape index (κ2) is 6.39. The van der Waals surface area contributed by atoms with Crippen molar-refractivity contribution in [2.24, 2.45) is 5.92 Å². The number of nitrogens with one attached hydrogen (secondary N) is 1. The molecule has 1 heterocycles. The van der Waals surface area contributed by atoms with Gasteiger partial charge in [0.1, 0.15) is 6.04 Å². The topological polar surface area (TPSA) is 75.6 Å². The predicted octanol–water partition coefficient (Wildman–Crippen LogP) is 0.949. The Hall–Kier alpha value is -1.36. The van der Waals surface area contributed by atoms with Gasteiger partial charge in [-0.05, 0) is 26.7 Å². The molecule has 1 amide bonds. The Morgan fingerprint density at radius 2 is 2.24 bits per heavy atom. The molecule has 2 N–H and O–H groups in total. The van der Waals surface area contributed by atoms with Crippen molar-refractivity contribution >= 4 is 11.9 Å². The number of amides is 1. The van der Waals surface area contributed by atoms with Crippen LogP contribution in [0.3, 0.4) is 0 Å². The lowest BCUT2D eigenvalue weighted by Crippen LogP contribution is -2.43. The average molecular weight is 241 g/mol. The van der Waals surface area contributed by atoms with E-state index in [-0.39, 0.29) is 11.8 Å². The monoisotopic (exact) mass is 241 g/mol. The van der Waals surface area contributed by atoms with Crippen molar-refractivity contribution in [1.29, 1.82) is 0 Å². The van der Waals surface area contributed by atoms with Gasteiger partial charge in [0.25, 0.3) is 0 Å². The first kappa shape index (κ1) is 13.7. The Bertz CT molecular complexity index is 314. The summed E-state index contributed by atoms with van der Waals surface area (Å²) in [6.07, 6.45) is 2.79. The van der Waals surface area contributed by atoms with E-state index < -0.39 is 12.0 Å². The molecule has 0 spiro atoms. The summed E-state index contributed by atoms with van der Waals surface area (Å²) in [6, 6.07) is -0.849. The minimum Gasteiger partial charge on any atom is -0.480 e. The van der Waals surface area contributed by atoms with E-state index in [0.717, 1.165) is 5.57 Å². The van der Waals surface area contributed by atoms with Gasteiger partial charge in [0.05, 0.1) is 12.5 Å². The van der Waals surface area contributed by atoms with E-state index in [1.165, 1.54) is 0 Å². The molecule has 0 aromatic rings. The minimum atomic E-state index is -1.00. The fourth-order valence-corrected chi connectivity index (χ4v) is 1.61. The molecule has 0 radical (unpaired) electrons. The van der Waals surface area contributed by atoms with Crippen LogP contribution in [0.2, 0.25) is 0 Å². The van der Waals surface area contributed by atoms with Crippen LogP contribution in [0.25, 0.3) is 0 Å². The van der Waals surface area contributed by atoms with Gasteiger partial charge < -0.3 is 15.2 Å². The molecule has 5 heteroatoms. The number of allylic oxidation sites excluding steroid dienone is 1. The molecule has 0 aromatic carbocycles. The lowest BCUT2D eigenvalue weighted by atomic mass is 10.1. The predicted molar refractivity (Wildman–Crippen MR) is 62.5 cm³/mol. The third-order valence-corrected chi connectivity index (χ3v) is 2.68.